The van der Waals surface area contributed by atoms with Crippen molar-refractivity contribution in [3.8, 4) is 11.5 Å². The molecule has 2 aliphatic heterocycles. The number of sulfonamides is 1. The Balaban J connectivity index is 1.51. The number of hydrogen-bond donors (Lipinski definition) is 2. The Hall–Kier alpha value is -2.78. The molecule has 0 aliphatic carbocycles. The molecule has 0 amide bonds. The van der Waals surface area contributed by atoms with Crippen LogP contribution in [0.5, 0.6) is 11.5 Å². The van der Waals surface area contributed by atoms with Crippen LogP contribution >= 0.6 is 0 Å². The van der Waals surface area contributed by atoms with Crippen LogP contribution in [0, 0.1) is 0 Å². The lowest BCUT2D eigenvalue weighted by Crippen LogP contribution is -2.30. The summed E-state index contributed by atoms with van der Waals surface area (Å²) in [5.41, 5.74) is 1.59. The lowest BCUT2D eigenvalue weighted by Gasteiger charge is -2.25. The summed E-state index contributed by atoms with van der Waals surface area (Å²) in [6.07, 6.45) is 2.33. The minimum atomic E-state index is -3.72. The van der Waals surface area contributed by atoms with E-state index in [-0.39, 0.29) is 16.6 Å². The molecule has 2 aliphatic rings. The molecular formula is C20H21N3O5S. The van der Waals surface area contributed by atoms with Gasteiger partial charge in [0.1, 0.15) is 0 Å². The Morgan fingerprint density at radius 2 is 1.72 bits per heavy atom. The summed E-state index contributed by atoms with van der Waals surface area (Å²) in [5, 5.41) is 0. The monoisotopic (exact) mass is 415 g/mol. The SMILES string of the molecule is O=c1[nH]c2ccc(S(=O)(=O)N3CCC[C@H]3c3ccc4c(c3)OCCCO4)cc2[nH]1. The second-order valence-corrected chi connectivity index (χ2v) is 9.21. The second-order valence-electron chi connectivity index (χ2n) is 7.32. The van der Waals surface area contributed by atoms with Gasteiger partial charge in [-0.1, -0.05) is 6.07 Å². The zero-order chi connectivity index (χ0) is 20.0. The van der Waals surface area contributed by atoms with Gasteiger partial charge in [0.15, 0.2) is 11.5 Å². The van der Waals surface area contributed by atoms with E-state index >= 15 is 0 Å². The summed E-state index contributed by atoms with van der Waals surface area (Å²) in [6, 6.07) is 10.0. The quantitative estimate of drug-likeness (QED) is 0.684. The molecule has 1 aromatic heterocycles. The summed E-state index contributed by atoms with van der Waals surface area (Å²) < 4.78 is 39.8. The lowest BCUT2D eigenvalue weighted by atomic mass is 10.0. The van der Waals surface area contributed by atoms with Crippen molar-refractivity contribution in [3.63, 3.8) is 0 Å². The molecule has 0 spiro atoms. The molecule has 3 heterocycles. The Morgan fingerprint density at radius 1 is 0.931 bits per heavy atom. The van der Waals surface area contributed by atoms with Crippen molar-refractivity contribution in [2.24, 2.45) is 0 Å². The van der Waals surface area contributed by atoms with Crippen molar-refractivity contribution in [1.29, 1.82) is 0 Å². The fourth-order valence-electron chi connectivity index (χ4n) is 4.06. The zero-order valence-electron chi connectivity index (χ0n) is 15.7. The van der Waals surface area contributed by atoms with Gasteiger partial charge >= 0.3 is 5.69 Å². The average molecular weight is 415 g/mol. The molecule has 0 saturated carbocycles. The van der Waals surface area contributed by atoms with Gasteiger partial charge in [-0.15, -0.1) is 0 Å². The van der Waals surface area contributed by atoms with Crippen molar-refractivity contribution in [3.05, 3.63) is 52.4 Å². The summed E-state index contributed by atoms with van der Waals surface area (Å²) in [6.45, 7) is 1.64. The predicted octanol–water partition coefficient (Wildman–Crippen LogP) is 2.54. The first-order valence-electron chi connectivity index (χ1n) is 9.66. The molecule has 1 saturated heterocycles. The van der Waals surface area contributed by atoms with E-state index in [0.29, 0.717) is 42.3 Å². The topological polar surface area (TPSA) is 104 Å². The summed E-state index contributed by atoms with van der Waals surface area (Å²) in [7, 11) is -3.72. The number of aromatic nitrogens is 2. The molecule has 3 aromatic rings. The summed E-state index contributed by atoms with van der Waals surface area (Å²) >= 11 is 0. The first kappa shape index (κ1) is 18.3. The molecule has 2 aromatic carbocycles. The molecule has 2 N–H and O–H groups in total. The molecular weight excluding hydrogens is 394 g/mol. The van der Waals surface area contributed by atoms with E-state index in [0.717, 1.165) is 24.8 Å². The van der Waals surface area contributed by atoms with E-state index in [9.17, 15) is 13.2 Å². The van der Waals surface area contributed by atoms with Crippen LogP contribution in [-0.2, 0) is 10.0 Å². The minimum absolute atomic E-state index is 0.168. The van der Waals surface area contributed by atoms with Gasteiger partial charge in [0, 0.05) is 13.0 Å². The van der Waals surface area contributed by atoms with E-state index < -0.39 is 10.0 Å². The molecule has 0 unspecified atom stereocenters. The molecule has 1 fully saturated rings. The van der Waals surface area contributed by atoms with Crippen molar-refractivity contribution in [2.45, 2.75) is 30.2 Å². The van der Waals surface area contributed by atoms with Crippen molar-refractivity contribution < 1.29 is 17.9 Å². The molecule has 9 heteroatoms. The largest absolute Gasteiger partial charge is 0.490 e. The fraction of sp³-hybridized carbons (Fsp3) is 0.350. The lowest BCUT2D eigenvalue weighted by molar-refractivity contribution is 0.296. The summed E-state index contributed by atoms with van der Waals surface area (Å²) in [5.74, 6) is 1.36. The number of hydrogen-bond acceptors (Lipinski definition) is 5. The number of fused-ring (bicyclic) bond motifs is 2. The molecule has 5 rings (SSSR count). The van der Waals surface area contributed by atoms with Gasteiger partial charge in [-0.25, -0.2) is 13.2 Å². The average Bonchev–Trinajstić information content (AvgIpc) is 3.27. The normalized spacial score (nSPS) is 20.1. The zero-order valence-corrected chi connectivity index (χ0v) is 16.5. The Kier molecular flexibility index (Phi) is 4.36. The highest BCUT2D eigenvalue weighted by Crippen LogP contribution is 2.40. The van der Waals surface area contributed by atoms with Crippen LogP contribution < -0.4 is 15.2 Å². The maximum atomic E-state index is 13.4. The van der Waals surface area contributed by atoms with E-state index in [2.05, 4.69) is 9.97 Å². The third kappa shape index (κ3) is 3.20. The van der Waals surface area contributed by atoms with Crippen LogP contribution in [0.3, 0.4) is 0 Å². The first-order chi connectivity index (χ1) is 14.0. The van der Waals surface area contributed by atoms with E-state index in [1.54, 1.807) is 6.07 Å². The van der Waals surface area contributed by atoms with E-state index in [1.807, 2.05) is 18.2 Å². The van der Waals surface area contributed by atoms with Gasteiger partial charge < -0.3 is 19.4 Å². The molecule has 8 nitrogen and oxygen atoms in total. The number of nitrogens with zero attached hydrogens (tertiary/aromatic N) is 1. The smallest absolute Gasteiger partial charge is 0.323 e. The van der Waals surface area contributed by atoms with Crippen LogP contribution in [0.2, 0.25) is 0 Å². The number of benzene rings is 2. The maximum absolute atomic E-state index is 13.4. The van der Waals surface area contributed by atoms with Gasteiger partial charge in [0.05, 0.1) is 35.2 Å². The van der Waals surface area contributed by atoms with Crippen LogP contribution in [-0.4, -0.2) is 42.4 Å². The Bertz CT molecular complexity index is 1230. The highest BCUT2D eigenvalue weighted by atomic mass is 32.2. The fourth-order valence-corrected chi connectivity index (χ4v) is 5.76. The van der Waals surface area contributed by atoms with Crippen molar-refractivity contribution >= 4 is 21.1 Å². The van der Waals surface area contributed by atoms with Crippen LogP contribution in [0.15, 0.2) is 46.1 Å². The molecule has 0 radical (unpaired) electrons. The third-order valence-electron chi connectivity index (χ3n) is 5.45. The predicted molar refractivity (Wildman–Crippen MR) is 107 cm³/mol. The standard InChI is InChI=1S/C20H21N3O5S/c24-20-21-15-6-5-14(12-16(15)22-20)29(25,26)23-8-1-3-17(23)13-4-7-18-19(11-13)28-10-2-9-27-18/h4-7,11-12,17H,1-3,8-10H2,(H2,21,22,24)/t17-/m0/s1. The number of ether oxygens (including phenoxy) is 2. The van der Waals surface area contributed by atoms with Crippen molar-refractivity contribution in [1.82, 2.24) is 14.3 Å². The van der Waals surface area contributed by atoms with Gasteiger partial charge in [0.2, 0.25) is 10.0 Å². The van der Waals surface area contributed by atoms with Crippen LogP contribution in [0.25, 0.3) is 11.0 Å². The van der Waals surface area contributed by atoms with Crippen LogP contribution in [0.4, 0.5) is 0 Å². The molecule has 0 bridgehead atoms. The van der Waals surface area contributed by atoms with Gasteiger partial charge in [-0.2, -0.15) is 4.31 Å². The van der Waals surface area contributed by atoms with Gasteiger partial charge in [0.25, 0.3) is 0 Å². The number of aromatic amines is 2. The Morgan fingerprint density at radius 3 is 2.59 bits per heavy atom. The first-order valence-corrected chi connectivity index (χ1v) is 11.1. The molecule has 1 atom stereocenters. The highest BCUT2D eigenvalue weighted by Gasteiger charge is 2.36. The van der Waals surface area contributed by atoms with Crippen molar-refractivity contribution in [2.75, 3.05) is 19.8 Å². The maximum Gasteiger partial charge on any atom is 0.323 e. The van der Waals surface area contributed by atoms with E-state index in [1.165, 1.54) is 16.4 Å². The van der Waals surface area contributed by atoms with Gasteiger partial charge in [-0.05, 0) is 48.7 Å². The Labute approximate surface area is 167 Å². The number of rotatable bonds is 3. The summed E-state index contributed by atoms with van der Waals surface area (Å²) in [4.78, 5) is 16.9. The minimum Gasteiger partial charge on any atom is -0.490 e. The van der Waals surface area contributed by atoms with E-state index in [4.69, 9.17) is 9.47 Å². The molecule has 152 valence electrons. The van der Waals surface area contributed by atoms with Gasteiger partial charge in [-0.3, -0.25) is 0 Å². The number of nitrogens with one attached hydrogen (secondary N) is 2. The third-order valence-corrected chi connectivity index (χ3v) is 7.36. The highest BCUT2D eigenvalue weighted by molar-refractivity contribution is 7.89. The molecule has 29 heavy (non-hydrogen) atoms. The van der Waals surface area contributed by atoms with Crippen LogP contribution in [0.1, 0.15) is 30.9 Å². The second kappa shape index (κ2) is 6.93. The number of imidazole rings is 1. The number of H-pyrrole nitrogens is 2.